The Balaban J connectivity index is 1.20. The molecule has 1 fully saturated rings. The van der Waals surface area contributed by atoms with Crippen LogP contribution in [0.3, 0.4) is 0 Å². The van der Waals surface area contributed by atoms with E-state index in [-0.39, 0.29) is 12.0 Å². The number of ether oxygens (including phenoxy) is 1. The Morgan fingerprint density at radius 1 is 1.09 bits per heavy atom. The van der Waals surface area contributed by atoms with Crippen molar-refractivity contribution in [2.75, 3.05) is 38.7 Å². The molecule has 2 aromatic heterocycles. The van der Waals surface area contributed by atoms with E-state index in [0.29, 0.717) is 19.6 Å². The first-order valence-electron chi connectivity index (χ1n) is 11.4. The topological polar surface area (TPSA) is 104 Å². The standard InChI is InChI=1S/C24H33N5O3/c1-25-23-19-9-12-29(24(19)28-16-27-23)20-14-18(21(30)22(20)31)15-32-13-5-10-26-11-8-17-6-3-2-4-7-17/h2-4,6-7,9,12,16,18,20-22,26,30-31H,5,8,10-11,13-15H2,1H3,(H,25,27,28)/t18-,20-,21-,22+/m1/s1. The molecule has 8 heteroatoms. The molecule has 0 saturated heterocycles. The van der Waals surface area contributed by atoms with Gasteiger partial charge >= 0.3 is 0 Å². The number of nitrogens with zero attached hydrogens (tertiary/aromatic N) is 3. The Bertz CT molecular complexity index is 980. The highest BCUT2D eigenvalue weighted by molar-refractivity contribution is 5.87. The van der Waals surface area contributed by atoms with Crippen LogP contribution in [0.5, 0.6) is 0 Å². The van der Waals surface area contributed by atoms with Crippen LogP contribution in [0.4, 0.5) is 5.82 Å². The van der Waals surface area contributed by atoms with Crippen molar-refractivity contribution in [1.82, 2.24) is 19.9 Å². The lowest BCUT2D eigenvalue weighted by atomic mass is 10.1. The summed E-state index contributed by atoms with van der Waals surface area (Å²) in [6.07, 6.45) is 4.32. The summed E-state index contributed by atoms with van der Waals surface area (Å²) in [5.74, 6) is 0.642. The fraction of sp³-hybridized carbons (Fsp3) is 0.500. The van der Waals surface area contributed by atoms with Crippen LogP contribution < -0.4 is 10.6 Å². The van der Waals surface area contributed by atoms with Crippen LogP contribution in [0.2, 0.25) is 0 Å². The first kappa shape index (κ1) is 22.7. The second kappa shape index (κ2) is 10.9. The van der Waals surface area contributed by atoms with Crippen molar-refractivity contribution in [3.8, 4) is 0 Å². The zero-order chi connectivity index (χ0) is 22.3. The molecule has 172 valence electrons. The van der Waals surface area contributed by atoms with E-state index in [2.05, 4.69) is 44.9 Å². The van der Waals surface area contributed by atoms with Gasteiger partial charge in [0.05, 0.1) is 24.1 Å². The molecule has 8 nitrogen and oxygen atoms in total. The van der Waals surface area contributed by atoms with Gasteiger partial charge in [-0.25, -0.2) is 9.97 Å². The van der Waals surface area contributed by atoms with Gasteiger partial charge in [0.2, 0.25) is 0 Å². The minimum absolute atomic E-state index is 0.107. The summed E-state index contributed by atoms with van der Waals surface area (Å²) in [5, 5.41) is 28.7. The van der Waals surface area contributed by atoms with Gasteiger partial charge in [0, 0.05) is 25.8 Å². The van der Waals surface area contributed by atoms with Crippen LogP contribution in [0.15, 0.2) is 48.9 Å². The maximum Gasteiger partial charge on any atom is 0.145 e. The summed E-state index contributed by atoms with van der Waals surface area (Å²) in [7, 11) is 1.82. The average molecular weight is 440 g/mol. The maximum atomic E-state index is 10.7. The highest BCUT2D eigenvalue weighted by Gasteiger charge is 2.42. The molecule has 0 aliphatic heterocycles. The van der Waals surface area contributed by atoms with Crippen molar-refractivity contribution in [2.24, 2.45) is 5.92 Å². The molecular weight excluding hydrogens is 406 g/mol. The Kier molecular flexibility index (Phi) is 7.70. The summed E-state index contributed by atoms with van der Waals surface area (Å²) >= 11 is 0. The van der Waals surface area contributed by atoms with Crippen molar-refractivity contribution >= 4 is 16.9 Å². The Labute approximate surface area is 188 Å². The third-order valence-corrected chi connectivity index (χ3v) is 6.28. The molecule has 0 spiro atoms. The summed E-state index contributed by atoms with van der Waals surface area (Å²) in [4.78, 5) is 8.62. The molecule has 1 saturated carbocycles. The molecule has 0 radical (unpaired) electrons. The average Bonchev–Trinajstić information content (AvgIpc) is 3.37. The van der Waals surface area contributed by atoms with Crippen molar-refractivity contribution in [2.45, 2.75) is 37.5 Å². The van der Waals surface area contributed by atoms with Crippen molar-refractivity contribution in [1.29, 1.82) is 0 Å². The predicted molar refractivity (Wildman–Crippen MR) is 125 cm³/mol. The van der Waals surface area contributed by atoms with Crippen molar-refractivity contribution in [3.05, 3.63) is 54.5 Å². The van der Waals surface area contributed by atoms with Gasteiger partial charge in [0.25, 0.3) is 0 Å². The van der Waals surface area contributed by atoms with E-state index in [1.54, 1.807) is 0 Å². The molecule has 1 aliphatic carbocycles. The van der Waals surface area contributed by atoms with Gasteiger partial charge in [0.15, 0.2) is 0 Å². The first-order valence-corrected chi connectivity index (χ1v) is 11.4. The van der Waals surface area contributed by atoms with Crippen LogP contribution in [-0.2, 0) is 11.2 Å². The fourth-order valence-corrected chi connectivity index (χ4v) is 4.51. The van der Waals surface area contributed by atoms with Crippen LogP contribution >= 0.6 is 0 Å². The largest absolute Gasteiger partial charge is 0.390 e. The van der Waals surface area contributed by atoms with E-state index >= 15 is 0 Å². The molecule has 1 aliphatic rings. The van der Waals surface area contributed by atoms with Gasteiger partial charge in [-0.15, -0.1) is 0 Å². The van der Waals surface area contributed by atoms with Gasteiger partial charge < -0.3 is 30.2 Å². The molecule has 1 aromatic carbocycles. The maximum absolute atomic E-state index is 10.7. The molecule has 32 heavy (non-hydrogen) atoms. The number of rotatable bonds is 11. The first-order chi connectivity index (χ1) is 15.7. The Morgan fingerprint density at radius 2 is 1.94 bits per heavy atom. The summed E-state index contributed by atoms with van der Waals surface area (Å²) in [5.41, 5.74) is 2.09. The number of benzene rings is 1. The molecule has 0 bridgehead atoms. The van der Waals surface area contributed by atoms with Crippen molar-refractivity contribution in [3.63, 3.8) is 0 Å². The molecule has 4 N–H and O–H groups in total. The van der Waals surface area contributed by atoms with Crippen LogP contribution in [0.1, 0.15) is 24.4 Å². The zero-order valence-electron chi connectivity index (χ0n) is 18.5. The second-order valence-corrected chi connectivity index (χ2v) is 8.39. The molecular formula is C24H33N5O3. The fourth-order valence-electron chi connectivity index (χ4n) is 4.51. The van der Waals surface area contributed by atoms with Crippen molar-refractivity contribution < 1.29 is 14.9 Å². The minimum Gasteiger partial charge on any atom is -0.390 e. The van der Waals surface area contributed by atoms with E-state index < -0.39 is 12.2 Å². The normalized spacial score (nSPS) is 23.1. The van der Waals surface area contributed by atoms with E-state index in [4.69, 9.17) is 4.74 Å². The van der Waals surface area contributed by atoms with Gasteiger partial charge in [-0.2, -0.15) is 0 Å². The monoisotopic (exact) mass is 439 g/mol. The van der Waals surface area contributed by atoms with Gasteiger partial charge in [-0.1, -0.05) is 30.3 Å². The number of aromatic nitrogens is 3. The second-order valence-electron chi connectivity index (χ2n) is 8.39. The molecule has 4 atom stereocenters. The minimum atomic E-state index is -0.855. The Morgan fingerprint density at radius 3 is 2.75 bits per heavy atom. The van der Waals surface area contributed by atoms with E-state index in [0.717, 1.165) is 42.8 Å². The smallest absolute Gasteiger partial charge is 0.145 e. The van der Waals surface area contributed by atoms with Crippen LogP contribution in [0, 0.1) is 5.92 Å². The number of hydrogen-bond acceptors (Lipinski definition) is 7. The Hall–Kier alpha value is -2.52. The van der Waals surface area contributed by atoms with Crippen LogP contribution in [-0.4, -0.2) is 70.3 Å². The summed E-state index contributed by atoms with van der Waals surface area (Å²) in [6.45, 7) is 2.92. The lowest BCUT2D eigenvalue weighted by Crippen LogP contribution is -2.31. The number of fused-ring (bicyclic) bond motifs is 1. The highest BCUT2D eigenvalue weighted by atomic mass is 16.5. The van der Waals surface area contributed by atoms with E-state index in [1.807, 2.05) is 29.9 Å². The van der Waals surface area contributed by atoms with Gasteiger partial charge in [-0.05, 0) is 44.0 Å². The molecule has 2 heterocycles. The van der Waals surface area contributed by atoms with E-state index in [1.165, 1.54) is 11.9 Å². The highest BCUT2D eigenvalue weighted by Crippen LogP contribution is 2.38. The zero-order valence-corrected chi connectivity index (χ0v) is 18.5. The molecule has 0 unspecified atom stereocenters. The SMILES string of the molecule is CNc1ncnc2c1ccn2[C@@H]1C[C@H](COCCCNCCc2ccccc2)[C@@H](O)[C@H]1O. The lowest BCUT2D eigenvalue weighted by molar-refractivity contribution is -0.0154. The number of nitrogens with one attached hydrogen (secondary N) is 2. The number of anilines is 1. The van der Waals surface area contributed by atoms with Crippen LogP contribution in [0.25, 0.3) is 11.0 Å². The lowest BCUT2D eigenvalue weighted by Gasteiger charge is -2.19. The summed E-state index contributed by atoms with van der Waals surface area (Å²) < 4.78 is 7.78. The predicted octanol–water partition coefficient (Wildman–Crippen LogP) is 1.99. The van der Waals surface area contributed by atoms with Gasteiger partial charge in [-0.3, -0.25) is 0 Å². The number of aliphatic hydroxyl groups is 2. The molecule has 4 rings (SSSR count). The quantitative estimate of drug-likeness (QED) is 0.339. The molecule has 0 amide bonds. The number of hydrogen-bond donors (Lipinski definition) is 4. The summed E-state index contributed by atoms with van der Waals surface area (Å²) in [6, 6.07) is 12.1. The molecule has 3 aromatic rings. The third kappa shape index (κ3) is 5.10. The van der Waals surface area contributed by atoms with Gasteiger partial charge in [0.1, 0.15) is 23.9 Å². The van der Waals surface area contributed by atoms with E-state index in [9.17, 15) is 10.2 Å². The number of aliphatic hydroxyl groups excluding tert-OH is 2. The third-order valence-electron chi connectivity index (χ3n) is 6.28.